The third kappa shape index (κ3) is 3.10. The molecule has 1 heterocycles. The molecule has 3 N–H and O–H groups in total. The summed E-state index contributed by atoms with van der Waals surface area (Å²) >= 11 is 6.04. The Morgan fingerprint density at radius 2 is 2.00 bits per heavy atom. The molecule has 20 heavy (non-hydrogen) atoms. The smallest absolute Gasteiger partial charge is 0.122 e. The molecule has 0 saturated carbocycles. The number of benzene rings is 1. The molecule has 0 spiro atoms. The van der Waals surface area contributed by atoms with Gasteiger partial charge in [0.2, 0.25) is 0 Å². The van der Waals surface area contributed by atoms with Crippen molar-refractivity contribution >= 4 is 11.6 Å². The Labute approximate surface area is 123 Å². The first kappa shape index (κ1) is 14.8. The van der Waals surface area contributed by atoms with Crippen LogP contribution >= 0.6 is 11.6 Å². The summed E-state index contributed by atoms with van der Waals surface area (Å²) in [5, 5.41) is 11.1. The number of aromatic nitrogens is 1. The van der Waals surface area contributed by atoms with E-state index in [1.807, 2.05) is 0 Å². The number of hydrogen-bond donors (Lipinski definition) is 2. The van der Waals surface area contributed by atoms with Gasteiger partial charge in [-0.25, -0.2) is 0 Å². The van der Waals surface area contributed by atoms with Crippen LogP contribution in [-0.2, 0) is 0 Å². The van der Waals surface area contributed by atoms with E-state index in [1.165, 1.54) is 0 Å². The van der Waals surface area contributed by atoms with Crippen molar-refractivity contribution in [1.29, 1.82) is 0 Å². The summed E-state index contributed by atoms with van der Waals surface area (Å²) in [7, 11) is 1.58. The van der Waals surface area contributed by atoms with Crippen molar-refractivity contribution in [2.24, 2.45) is 5.73 Å². The highest BCUT2D eigenvalue weighted by molar-refractivity contribution is 6.30. The molecule has 0 radical (unpaired) electrons. The Morgan fingerprint density at radius 3 is 2.60 bits per heavy atom. The van der Waals surface area contributed by atoms with Gasteiger partial charge in [-0.15, -0.1) is 0 Å². The minimum absolute atomic E-state index is 0.278. The molecule has 2 aromatic rings. The highest BCUT2D eigenvalue weighted by Crippen LogP contribution is 2.36. The number of halogens is 1. The third-order valence-electron chi connectivity index (χ3n) is 3.27. The van der Waals surface area contributed by atoms with E-state index in [4.69, 9.17) is 22.1 Å². The quantitative estimate of drug-likeness (QED) is 0.888. The van der Waals surface area contributed by atoms with Crippen LogP contribution in [0.2, 0.25) is 5.02 Å². The Balaban J connectivity index is 2.40. The lowest BCUT2D eigenvalue weighted by Gasteiger charge is -2.24. The predicted octanol–water partition coefficient (Wildman–Crippen LogP) is 2.52. The molecule has 0 amide bonds. The van der Waals surface area contributed by atoms with Crippen LogP contribution in [0.3, 0.4) is 0 Å². The van der Waals surface area contributed by atoms with Gasteiger partial charge >= 0.3 is 0 Å². The molecule has 0 bridgehead atoms. The maximum absolute atomic E-state index is 10.5. The van der Waals surface area contributed by atoms with Crippen LogP contribution in [0.25, 0.3) is 0 Å². The summed E-state index contributed by atoms with van der Waals surface area (Å²) in [4.78, 5) is 3.95. The van der Waals surface area contributed by atoms with Gasteiger partial charge in [-0.2, -0.15) is 0 Å². The van der Waals surface area contributed by atoms with Crippen molar-refractivity contribution in [1.82, 2.24) is 4.98 Å². The Hall–Kier alpha value is -1.62. The SMILES string of the molecule is COc1ccc(Cl)cc1C(CN)C(O)c1ccncc1. The van der Waals surface area contributed by atoms with Crippen molar-refractivity contribution in [3.05, 3.63) is 58.9 Å². The maximum Gasteiger partial charge on any atom is 0.122 e. The number of nitrogens with zero attached hydrogens (tertiary/aromatic N) is 1. The van der Waals surface area contributed by atoms with Gasteiger partial charge in [-0.1, -0.05) is 11.6 Å². The molecule has 4 nitrogen and oxygen atoms in total. The van der Waals surface area contributed by atoms with Crippen LogP contribution < -0.4 is 10.5 Å². The molecule has 106 valence electrons. The fourth-order valence-corrected chi connectivity index (χ4v) is 2.39. The largest absolute Gasteiger partial charge is 0.496 e. The second-order valence-electron chi connectivity index (χ2n) is 4.45. The zero-order valence-electron chi connectivity index (χ0n) is 11.2. The number of pyridine rings is 1. The zero-order chi connectivity index (χ0) is 14.5. The first-order valence-corrected chi connectivity index (χ1v) is 6.66. The number of hydrogen-bond acceptors (Lipinski definition) is 4. The van der Waals surface area contributed by atoms with Crippen molar-refractivity contribution in [3.63, 3.8) is 0 Å². The van der Waals surface area contributed by atoms with Gasteiger partial charge in [-0.3, -0.25) is 4.98 Å². The van der Waals surface area contributed by atoms with Gasteiger partial charge in [0.05, 0.1) is 13.2 Å². The third-order valence-corrected chi connectivity index (χ3v) is 3.51. The Kier molecular flexibility index (Phi) is 4.95. The number of methoxy groups -OCH3 is 1. The van der Waals surface area contributed by atoms with E-state index >= 15 is 0 Å². The standard InChI is InChI=1S/C15H17ClN2O2/c1-20-14-3-2-11(16)8-12(14)13(9-17)15(19)10-4-6-18-7-5-10/h2-8,13,15,19H,9,17H2,1H3. The fourth-order valence-electron chi connectivity index (χ4n) is 2.21. The van der Waals surface area contributed by atoms with Gasteiger partial charge in [0.25, 0.3) is 0 Å². The molecule has 0 aliphatic rings. The topological polar surface area (TPSA) is 68.4 Å². The summed E-state index contributed by atoms with van der Waals surface area (Å²) < 4.78 is 5.33. The number of rotatable bonds is 5. The van der Waals surface area contributed by atoms with E-state index in [9.17, 15) is 5.11 Å². The second-order valence-corrected chi connectivity index (χ2v) is 4.89. The zero-order valence-corrected chi connectivity index (χ0v) is 11.9. The van der Waals surface area contributed by atoms with Crippen molar-refractivity contribution in [3.8, 4) is 5.75 Å². The first-order valence-electron chi connectivity index (χ1n) is 6.29. The summed E-state index contributed by atoms with van der Waals surface area (Å²) in [6.45, 7) is 0.278. The lowest BCUT2D eigenvalue weighted by molar-refractivity contribution is 0.146. The summed E-state index contributed by atoms with van der Waals surface area (Å²) in [5.74, 6) is 0.365. The number of aliphatic hydroxyl groups is 1. The molecule has 0 fully saturated rings. The second kappa shape index (κ2) is 6.70. The van der Waals surface area contributed by atoms with E-state index in [-0.39, 0.29) is 12.5 Å². The number of aliphatic hydroxyl groups excluding tert-OH is 1. The van der Waals surface area contributed by atoms with E-state index in [0.717, 1.165) is 11.1 Å². The normalized spacial score (nSPS) is 13.8. The van der Waals surface area contributed by atoms with Crippen molar-refractivity contribution in [2.45, 2.75) is 12.0 Å². The molecule has 1 aromatic heterocycles. The van der Waals surface area contributed by atoms with Crippen LogP contribution in [0.15, 0.2) is 42.7 Å². The lowest BCUT2D eigenvalue weighted by Crippen LogP contribution is -2.21. The Bertz CT molecular complexity index is 563. The summed E-state index contributed by atoms with van der Waals surface area (Å²) in [6, 6.07) is 8.84. The average molecular weight is 293 g/mol. The lowest BCUT2D eigenvalue weighted by atomic mass is 9.89. The summed E-state index contributed by atoms with van der Waals surface area (Å²) in [5.41, 5.74) is 7.40. The first-order chi connectivity index (χ1) is 9.67. The van der Waals surface area contributed by atoms with Gasteiger partial charge < -0.3 is 15.6 Å². The van der Waals surface area contributed by atoms with E-state index in [2.05, 4.69) is 4.98 Å². The molecule has 2 rings (SSSR count). The summed E-state index contributed by atoms with van der Waals surface area (Å²) in [6.07, 6.45) is 2.54. The monoisotopic (exact) mass is 292 g/mol. The molecule has 0 saturated heterocycles. The van der Waals surface area contributed by atoms with Crippen LogP contribution in [-0.4, -0.2) is 23.7 Å². The molecule has 2 atom stereocenters. The van der Waals surface area contributed by atoms with Crippen LogP contribution in [0, 0.1) is 0 Å². The fraction of sp³-hybridized carbons (Fsp3) is 0.267. The Morgan fingerprint density at radius 1 is 1.30 bits per heavy atom. The maximum atomic E-state index is 10.5. The average Bonchev–Trinajstić information content (AvgIpc) is 2.49. The van der Waals surface area contributed by atoms with Crippen molar-refractivity contribution in [2.75, 3.05) is 13.7 Å². The molecule has 5 heteroatoms. The van der Waals surface area contributed by atoms with E-state index in [0.29, 0.717) is 10.8 Å². The van der Waals surface area contributed by atoms with Crippen LogP contribution in [0.5, 0.6) is 5.75 Å². The van der Waals surface area contributed by atoms with E-state index < -0.39 is 6.10 Å². The van der Waals surface area contributed by atoms with Gasteiger partial charge in [-0.05, 0) is 35.9 Å². The van der Waals surface area contributed by atoms with Crippen LogP contribution in [0.4, 0.5) is 0 Å². The molecular formula is C15H17ClN2O2. The van der Waals surface area contributed by atoms with Crippen molar-refractivity contribution < 1.29 is 9.84 Å². The molecule has 0 aliphatic carbocycles. The van der Waals surface area contributed by atoms with E-state index in [1.54, 1.807) is 49.8 Å². The predicted molar refractivity (Wildman–Crippen MR) is 79.0 cm³/mol. The van der Waals surface area contributed by atoms with Gasteiger partial charge in [0.15, 0.2) is 0 Å². The molecular weight excluding hydrogens is 276 g/mol. The van der Waals surface area contributed by atoms with Gasteiger partial charge in [0, 0.05) is 35.4 Å². The minimum atomic E-state index is -0.740. The van der Waals surface area contributed by atoms with Gasteiger partial charge in [0.1, 0.15) is 5.75 Å². The molecule has 0 aliphatic heterocycles. The number of nitrogens with two attached hydrogens (primary N) is 1. The number of ether oxygens (including phenoxy) is 1. The van der Waals surface area contributed by atoms with Crippen LogP contribution in [0.1, 0.15) is 23.1 Å². The molecule has 2 unspecified atom stereocenters. The highest BCUT2D eigenvalue weighted by Gasteiger charge is 2.24. The highest BCUT2D eigenvalue weighted by atomic mass is 35.5. The molecule has 1 aromatic carbocycles. The minimum Gasteiger partial charge on any atom is -0.496 e.